The highest BCUT2D eigenvalue weighted by Gasteiger charge is 2.13. The fraction of sp³-hybridized carbons (Fsp3) is 0. The first kappa shape index (κ1) is 10.0. The maximum Gasteiger partial charge on any atom is 0.225 e. The number of halogens is 2. The second kappa shape index (κ2) is 3.69. The molecule has 3 heterocycles. The van der Waals surface area contributed by atoms with E-state index in [-0.39, 0.29) is 10.4 Å². The molecule has 80 valence electrons. The fourth-order valence-corrected chi connectivity index (χ4v) is 2.71. The molecule has 0 aliphatic heterocycles. The average molecular weight is 272 g/mol. The van der Waals surface area contributed by atoms with E-state index in [0.717, 1.165) is 0 Å². The van der Waals surface area contributed by atoms with Gasteiger partial charge < -0.3 is 4.42 Å². The van der Waals surface area contributed by atoms with Gasteiger partial charge in [-0.1, -0.05) is 22.9 Å². The van der Waals surface area contributed by atoms with Crippen LogP contribution < -0.4 is 0 Å². The molecular formula is C9H3Cl2N3OS. The third-order valence-electron chi connectivity index (χ3n) is 1.92. The van der Waals surface area contributed by atoms with Gasteiger partial charge >= 0.3 is 0 Å². The van der Waals surface area contributed by atoms with Crippen molar-refractivity contribution in [2.45, 2.75) is 0 Å². The van der Waals surface area contributed by atoms with Gasteiger partial charge in [0, 0.05) is 0 Å². The molecule has 7 heteroatoms. The molecule has 0 aromatic carbocycles. The molecule has 0 aliphatic rings. The molecule has 0 fully saturated rings. The van der Waals surface area contributed by atoms with Crippen LogP contribution in [0.25, 0.3) is 21.1 Å². The number of hydrogen-bond acceptors (Lipinski definition) is 5. The Balaban J connectivity index is 2.27. The highest BCUT2D eigenvalue weighted by molar-refractivity contribution is 7.21. The van der Waals surface area contributed by atoms with Crippen LogP contribution in [0.2, 0.25) is 10.4 Å². The molecule has 0 saturated heterocycles. The first-order valence-electron chi connectivity index (χ1n) is 4.27. The van der Waals surface area contributed by atoms with Crippen LogP contribution in [0.15, 0.2) is 22.8 Å². The second-order valence-corrected chi connectivity index (χ2v) is 4.61. The van der Waals surface area contributed by atoms with Crippen molar-refractivity contribution in [2.24, 2.45) is 0 Å². The van der Waals surface area contributed by atoms with Gasteiger partial charge in [-0.15, -0.1) is 0 Å². The standard InChI is InChI=1S/C9H3Cl2N3OS/c10-6-5-8(14-9(11)13-6)16-7(12-5)4-2-1-3-15-4/h1-3H. The lowest BCUT2D eigenvalue weighted by Crippen LogP contribution is -1.83. The van der Waals surface area contributed by atoms with Crippen LogP contribution in [0.5, 0.6) is 0 Å². The molecule has 0 N–H and O–H groups in total. The van der Waals surface area contributed by atoms with Crippen LogP contribution in [-0.2, 0) is 0 Å². The summed E-state index contributed by atoms with van der Waals surface area (Å²) in [7, 11) is 0. The third-order valence-corrected chi connectivity index (χ3v) is 3.32. The third kappa shape index (κ3) is 1.57. The summed E-state index contributed by atoms with van der Waals surface area (Å²) in [6.45, 7) is 0. The van der Waals surface area contributed by atoms with E-state index in [0.29, 0.717) is 21.1 Å². The van der Waals surface area contributed by atoms with Gasteiger partial charge in [0.05, 0.1) is 6.26 Å². The molecule has 0 radical (unpaired) electrons. The molecule has 0 aliphatic carbocycles. The van der Waals surface area contributed by atoms with Crippen molar-refractivity contribution in [1.29, 1.82) is 0 Å². The first-order chi connectivity index (χ1) is 7.74. The molecule has 4 nitrogen and oxygen atoms in total. The van der Waals surface area contributed by atoms with Gasteiger partial charge in [-0.3, -0.25) is 0 Å². The summed E-state index contributed by atoms with van der Waals surface area (Å²) < 4.78 is 5.24. The molecule has 16 heavy (non-hydrogen) atoms. The molecule has 0 atom stereocenters. The smallest absolute Gasteiger partial charge is 0.225 e. The number of rotatable bonds is 1. The van der Waals surface area contributed by atoms with E-state index in [1.165, 1.54) is 11.3 Å². The molecule has 0 spiro atoms. The largest absolute Gasteiger partial charge is 0.462 e. The highest BCUT2D eigenvalue weighted by atomic mass is 35.5. The summed E-state index contributed by atoms with van der Waals surface area (Å²) >= 11 is 13.0. The summed E-state index contributed by atoms with van der Waals surface area (Å²) in [4.78, 5) is 12.8. The van der Waals surface area contributed by atoms with E-state index in [2.05, 4.69) is 15.0 Å². The molecule has 0 bridgehead atoms. The van der Waals surface area contributed by atoms with Crippen molar-refractivity contribution in [1.82, 2.24) is 15.0 Å². The average Bonchev–Trinajstić information content (AvgIpc) is 2.82. The lowest BCUT2D eigenvalue weighted by molar-refractivity contribution is 0.582. The van der Waals surface area contributed by atoms with Gasteiger partial charge in [-0.05, 0) is 23.7 Å². The predicted molar refractivity (Wildman–Crippen MR) is 62.9 cm³/mol. The van der Waals surface area contributed by atoms with Crippen molar-refractivity contribution in [3.05, 3.63) is 28.8 Å². The second-order valence-electron chi connectivity index (χ2n) is 2.93. The summed E-state index contributed by atoms with van der Waals surface area (Å²) in [5.74, 6) is 0.676. The number of aromatic nitrogens is 3. The van der Waals surface area contributed by atoms with E-state index in [1.807, 2.05) is 6.07 Å². The van der Waals surface area contributed by atoms with E-state index < -0.39 is 0 Å². The number of thiazole rings is 1. The van der Waals surface area contributed by atoms with Gasteiger partial charge in [0.1, 0.15) is 5.52 Å². The quantitative estimate of drug-likeness (QED) is 0.501. The summed E-state index contributed by atoms with van der Waals surface area (Å²) in [6.07, 6.45) is 1.58. The molecule has 3 rings (SSSR count). The fourth-order valence-electron chi connectivity index (χ4n) is 1.27. The minimum absolute atomic E-state index is 0.118. The minimum atomic E-state index is 0.118. The maximum atomic E-state index is 5.92. The van der Waals surface area contributed by atoms with Crippen LogP contribution in [0, 0.1) is 0 Å². The lowest BCUT2D eigenvalue weighted by Gasteiger charge is -1.90. The summed E-state index contributed by atoms with van der Waals surface area (Å²) in [5.41, 5.74) is 0.544. The Labute approximate surface area is 104 Å². The molecule has 3 aromatic heterocycles. The Morgan fingerprint density at radius 3 is 2.81 bits per heavy atom. The van der Waals surface area contributed by atoms with E-state index in [4.69, 9.17) is 27.6 Å². The highest BCUT2D eigenvalue weighted by Crippen LogP contribution is 2.32. The van der Waals surface area contributed by atoms with Gasteiger partial charge in [0.15, 0.2) is 20.8 Å². The van der Waals surface area contributed by atoms with E-state index in [9.17, 15) is 0 Å². The Kier molecular flexibility index (Phi) is 2.31. The summed E-state index contributed by atoms with van der Waals surface area (Å²) in [6, 6.07) is 3.61. The van der Waals surface area contributed by atoms with E-state index in [1.54, 1.807) is 12.3 Å². The number of nitrogens with zero attached hydrogens (tertiary/aromatic N) is 3. The molecular weight excluding hydrogens is 269 g/mol. The maximum absolute atomic E-state index is 5.92. The van der Waals surface area contributed by atoms with Crippen molar-refractivity contribution >= 4 is 44.9 Å². The van der Waals surface area contributed by atoms with Crippen molar-refractivity contribution in [3.8, 4) is 10.8 Å². The minimum Gasteiger partial charge on any atom is -0.462 e. The summed E-state index contributed by atoms with van der Waals surface area (Å²) in [5, 5.41) is 1.08. The van der Waals surface area contributed by atoms with Gasteiger partial charge in [-0.25, -0.2) is 15.0 Å². The van der Waals surface area contributed by atoms with Crippen LogP contribution in [0.3, 0.4) is 0 Å². The zero-order valence-corrected chi connectivity index (χ0v) is 9.97. The Hall–Kier alpha value is -1.17. The van der Waals surface area contributed by atoms with E-state index >= 15 is 0 Å². The normalized spacial score (nSPS) is 11.1. The monoisotopic (exact) mass is 271 g/mol. The number of fused-ring (bicyclic) bond motifs is 1. The zero-order chi connectivity index (χ0) is 11.1. The van der Waals surface area contributed by atoms with Crippen LogP contribution >= 0.6 is 34.5 Å². The zero-order valence-electron chi connectivity index (χ0n) is 7.65. The van der Waals surface area contributed by atoms with Crippen LogP contribution in [0.4, 0.5) is 0 Å². The molecule has 0 unspecified atom stereocenters. The SMILES string of the molecule is Clc1nc(Cl)c2nc(-c3ccco3)sc2n1. The lowest BCUT2D eigenvalue weighted by atomic mass is 10.5. The Morgan fingerprint density at radius 2 is 2.06 bits per heavy atom. The molecule has 3 aromatic rings. The van der Waals surface area contributed by atoms with Gasteiger partial charge in [0.25, 0.3) is 0 Å². The van der Waals surface area contributed by atoms with Crippen molar-refractivity contribution in [2.75, 3.05) is 0 Å². The van der Waals surface area contributed by atoms with Crippen LogP contribution in [-0.4, -0.2) is 15.0 Å². The van der Waals surface area contributed by atoms with Crippen molar-refractivity contribution in [3.63, 3.8) is 0 Å². The van der Waals surface area contributed by atoms with Gasteiger partial charge in [-0.2, -0.15) is 0 Å². The van der Waals surface area contributed by atoms with Crippen LogP contribution in [0.1, 0.15) is 0 Å². The number of furan rings is 1. The molecule has 0 amide bonds. The molecule has 0 saturated carbocycles. The predicted octanol–water partition coefficient (Wildman–Crippen LogP) is 3.65. The topological polar surface area (TPSA) is 51.8 Å². The Morgan fingerprint density at radius 1 is 1.19 bits per heavy atom. The number of hydrogen-bond donors (Lipinski definition) is 0. The first-order valence-corrected chi connectivity index (χ1v) is 5.85. The van der Waals surface area contributed by atoms with Gasteiger partial charge in [0.2, 0.25) is 5.28 Å². The Bertz CT molecular complexity index is 650. The van der Waals surface area contributed by atoms with Crippen molar-refractivity contribution < 1.29 is 4.42 Å².